The minimum absolute atomic E-state index is 0.215. The van der Waals surface area contributed by atoms with Crippen molar-refractivity contribution < 1.29 is 4.39 Å². The van der Waals surface area contributed by atoms with Crippen molar-refractivity contribution in [2.75, 3.05) is 11.4 Å². The van der Waals surface area contributed by atoms with Gasteiger partial charge in [0.2, 0.25) is 5.13 Å². The lowest BCUT2D eigenvalue weighted by Gasteiger charge is -2.22. The van der Waals surface area contributed by atoms with E-state index in [2.05, 4.69) is 26.4 Å². The lowest BCUT2D eigenvalue weighted by molar-refractivity contribution is 0.627. The monoisotopic (exact) mass is 343 g/mol. The van der Waals surface area contributed by atoms with Crippen molar-refractivity contribution in [2.45, 2.75) is 25.3 Å². The highest BCUT2D eigenvalue weighted by atomic mass is 32.1. The molecule has 1 saturated heterocycles. The van der Waals surface area contributed by atoms with Gasteiger partial charge in [0.15, 0.2) is 0 Å². The third kappa shape index (κ3) is 3.03. The van der Waals surface area contributed by atoms with Gasteiger partial charge in [-0.1, -0.05) is 23.5 Å². The quantitative estimate of drug-likeness (QED) is 0.729. The normalized spacial score (nSPS) is 17.6. The standard InChI is InChI=1S/C17H18FN5S/c1-22-11-13(10-19-22)15-3-2-8-23(15)17-21-20-16(24-17)9-12-4-6-14(18)7-5-12/h4-7,10-11,15H,2-3,8-9H2,1H3. The Labute approximate surface area is 143 Å². The third-order valence-corrected chi connectivity index (χ3v) is 5.29. The van der Waals surface area contributed by atoms with Crippen LogP contribution in [0.1, 0.15) is 35.0 Å². The van der Waals surface area contributed by atoms with Crippen LogP contribution >= 0.6 is 11.3 Å². The summed E-state index contributed by atoms with van der Waals surface area (Å²) in [4.78, 5) is 2.32. The average Bonchev–Trinajstić information content (AvgIpc) is 3.29. The SMILES string of the molecule is Cn1cc(C2CCCN2c2nnc(Cc3ccc(F)cc3)s2)cn1. The van der Waals surface area contributed by atoms with E-state index in [1.54, 1.807) is 23.5 Å². The van der Waals surface area contributed by atoms with Gasteiger partial charge in [-0.2, -0.15) is 5.10 Å². The number of hydrogen-bond donors (Lipinski definition) is 0. The second-order valence-electron chi connectivity index (χ2n) is 6.08. The van der Waals surface area contributed by atoms with Crippen molar-refractivity contribution >= 4 is 16.5 Å². The lowest BCUT2D eigenvalue weighted by atomic mass is 10.1. The molecule has 124 valence electrons. The molecule has 7 heteroatoms. The average molecular weight is 343 g/mol. The zero-order valence-electron chi connectivity index (χ0n) is 13.4. The van der Waals surface area contributed by atoms with Gasteiger partial charge in [0, 0.05) is 31.8 Å². The zero-order chi connectivity index (χ0) is 16.5. The van der Waals surface area contributed by atoms with Gasteiger partial charge in [0.25, 0.3) is 0 Å². The summed E-state index contributed by atoms with van der Waals surface area (Å²) < 4.78 is 14.8. The van der Waals surface area contributed by atoms with E-state index in [0.717, 1.165) is 35.1 Å². The fraction of sp³-hybridized carbons (Fsp3) is 0.353. The van der Waals surface area contributed by atoms with Crippen LogP contribution in [-0.2, 0) is 13.5 Å². The van der Waals surface area contributed by atoms with Crippen LogP contribution in [0, 0.1) is 5.82 Å². The summed E-state index contributed by atoms with van der Waals surface area (Å²) in [6.07, 6.45) is 6.95. The molecule has 3 heterocycles. The van der Waals surface area contributed by atoms with Crippen LogP contribution in [0.15, 0.2) is 36.7 Å². The molecule has 1 aliphatic rings. The Bertz CT molecular complexity index is 826. The van der Waals surface area contributed by atoms with E-state index < -0.39 is 0 Å². The molecule has 1 aromatic carbocycles. The Morgan fingerprint density at radius 1 is 1.25 bits per heavy atom. The van der Waals surface area contributed by atoms with Gasteiger partial charge in [0.05, 0.1) is 12.2 Å². The minimum atomic E-state index is -0.215. The molecule has 0 spiro atoms. The van der Waals surface area contributed by atoms with Gasteiger partial charge < -0.3 is 4.90 Å². The van der Waals surface area contributed by atoms with Crippen LogP contribution in [0.3, 0.4) is 0 Å². The Morgan fingerprint density at radius 2 is 2.08 bits per heavy atom. The second-order valence-corrected chi connectivity index (χ2v) is 7.12. The molecule has 5 nitrogen and oxygen atoms in total. The maximum atomic E-state index is 13.0. The molecule has 0 bridgehead atoms. The predicted octanol–water partition coefficient (Wildman–Crippen LogP) is 3.34. The number of anilines is 1. The highest BCUT2D eigenvalue weighted by molar-refractivity contribution is 7.15. The Morgan fingerprint density at radius 3 is 2.83 bits per heavy atom. The largest absolute Gasteiger partial charge is 0.339 e. The number of aromatic nitrogens is 4. The van der Waals surface area contributed by atoms with E-state index in [-0.39, 0.29) is 5.82 Å². The summed E-state index contributed by atoms with van der Waals surface area (Å²) >= 11 is 1.62. The van der Waals surface area contributed by atoms with Crippen molar-refractivity contribution in [3.8, 4) is 0 Å². The first kappa shape index (κ1) is 15.3. The number of aryl methyl sites for hydroxylation is 1. The Hall–Kier alpha value is -2.28. The lowest BCUT2D eigenvalue weighted by Crippen LogP contribution is -2.22. The first-order valence-corrected chi connectivity index (χ1v) is 8.83. The second kappa shape index (κ2) is 6.32. The van der Waals surface area contributed by atoms with Gasteiger partial charge in [-0.3, -0.25) is 4.68 Å². The number of halogens is 1. The topological polar surface area (TPSA) is 46.8 Å². The number of hydrogen-bond acceptors (Lipinski definition) is 5. The smallest absolute Gasteiger partial charge is 0.208 e. The summed E-state index contributed by atoms with van der Waals surface area (Å²) in [5, 5.41) is 14.9. The van der Waals surface area contributed by atoms with E-state index >= 15 is 0 Å². The molecule has 3 aromatic rings. The minimum Gasteiger partial charge on any atom is -0.339 e. The van der Waals surface area contributed by atoms with Gasteiger partial charge >= 0.3 is 0 Å². The van der Waals surface area contributed by atoms with Gasteiger partial charge in [-0.25, -0.2) is 4.39 Å². The summed E-state index contributed by atoms with van der Waals surface area (Å²) in [5.74, 6) is -0.215. The first-order chi connectivity index (χ1) is 11.7. The molecule has 1 fully saturated rings. The molecule has 4 rings (SSSR count). The van der Waals surface area contributed by atoms with Crippen LogP contribution in [0.5, 0.6) is 0 Å². The predicted molar refractivity (Wildman–Crippen MR) is 91.6 cm³/mol. The van der Waals surface area contributed by atoms with Crippen molar-refractivity contribution in [1.82, 2.24) is 20.0 Å². The number of rotatable bonds is 4. The first-order valence-electron chi connectivity index (χ1n) is 8.01. The van der Waals surface area contributed by atoms with Crippen LogP contribution in [0.2, 0.25) is 0 Å². The fourth-order valence-corrected chi connectivity index (χ4v) is 4.11. The molecule has 2 aromatic heterocycles. The van der Waals surface area contributed by atoms with Crippen molar-refractivity contribution in [1.29, 1.82) is 0 Å². The molecule has 1 atom stereocenters. The summed E-state index contributed by atoms with van der Waals surface area (Å²) in [5.41, 5.74) is 2.27. The zero-order valence-corrected chi connectivity index (χ0v) is 14.2. The van der Waals surface area contributed by atoms with Gasteiger partial charge in [0.1, 0.15) is 10.8 Å². The van der Waals surface area contributed by atoms with E-state index in [0.29, 0.717) is 12.5 Å². The van der Waals surface area contributed by atoms with E-state index in [4.69, 9.17) is 0 Å². The van der Waals surface area contributed by atoms with E-state index in [1.165, 1.54) is 17.7 Å². The van der Waals surface area contributed by atoms with E-state index in [1.807, 2.05) is 17.9 Å². The summed E-state index contributed by atoms with van der Waals surface area (Å²) in [7, 11) is 1.94. The number of benzene rings is 1. The Balaban J connectivity index is 1.52. The molecule has 0 radical (unpaired) electrons. The van der Waals surface area contributed by atoms with Crippen LogP contribution in [0.25, 0.3) is 0 Å². The highest BCUT2D eigenvalue weighted by Crippen LogP contribution is 2.37. The fourth-order valence-electron chi connectivity index (χ4n) is 3.16. The third-order valence-electron chi connectivity index (χ3n) is 4.33. The van der Waals surface area contributed by atoms with Crippen molar-refractivity contribution in [3.05, 3.63) is 58.6 Å². The Kier molecular flexibility index (Phi) is 4.02. The molecule has 1 aliphatic heterocycles. The molecule has 0 N–H and O–H groups in total. The summed E-state index contributed by atoms with van der Waals surface area (Å²) in [6.45, 7) is 0.991. The molecule has 0 saturated carbocycles. The molecule has 1 unspecified atom stereocenters. The molecule has 0 aliphatic carbocycles. The van der Waals surface area contributed by atoms with Crippen LogP contribution < -0.4 is 4.90 Å². The van der Waals surface area contributed by atoms with Crippen LogP contribution in [0.4, 0.5) is 9.52 Å². The molecule has 0 amide bonds. The van der Waals surface area contributed by atoms with Gasteiger partial charge in [-0.05, 0) is 30.5 Å². The highest BCUT2D eigenvalue weighted by Gasteiger charge is 2.29. The van der Waals surface area contributed by atoms with E-state index in [9.17, 15) is 4.39 Å². The molecule has 24 heavy (non-hydrogen) atoms. The van der Waals surface area contributed by atoms with Crippen molar-refractivity contribution in [3.63, 3.8) is 0 Å². The van der Waals surface area contributed by atoms with Crippen LogP contribution in [-0.4, -0.2) is 26.5 Å². The maximum Gasteiger partial charge on any atom is 0.208 e. The van der Waals surface area contributed by atoms with Crippen molar-refractivity contribution in [2.24, 2.45) is 7.05 Å². The summed E-state index contributed by atoms with van der Waals surface area (Å²) in [6, 6.07) is 6.88. The molecular weight excluding hydrogens is 325 g/mol. The number of nitrogens with zero attached hydrogens (tertiary/aromatic N) is 5. The maximum absolute atomic E-state index is 13.0. The van der Waals surface area contributed by atoms with Gasteiger partial charge in [-0.15, -0.1) is 10.2 Å². The molecular formula is C17H18FN5S.